The van der Waals surface area contributed by atoms with Crippen LogP contribution in [0, 0.1) is 0 Å². The fourth-order valence-electron chi connectivity index (χ4n) is 0. The summed E-state index contributed by atoms with van der Waals surface area (Å²) in [6.45, 7) is 0. The van der Waals surface area contributed by atoms with E-state index in [0.29, 0.717) is 0 Å². The monoisotopic (exact) mass is 207 g/mol. The van der Waals surface area contributed by atoms with Crippen LogP contribution in [0.1, 0.15) is 0 Å². The van der Waals surface area contributed by atoms with Gasteiger partial charge in [0.25, 0.3) is 0 Å². The molecule has 0 unspecified atom stereocenters. The number of hydrogen-bond donors (Lipinski definition) is 2. The Labute approximate surface area is 180 Å². The van der Waals surface area contributed by atoms with Gasteiger partial charge in [-0.2, -0.15) is 0 Å². The summed E-state index contributed by atoms with van der Waals surface area (Å²) in [7, 11) is 0. The molecule has 0 bridgehead atoms. The zero-order valence-electron chi connectivity index (χ0n) is 5.71. The van der Waals surface area contributed by atoms with Crippen molar-refractivity contribution in [3.05, 3.63) is 0 Å². The molecule has 0 aromatic carbocycles. The second kappa shape index (κ2) is 14.4. The third-order valence-corrected chi connectivity index (χ3v) is 0.183. The topological polar surface area (TPSA) is 74.6 Å². The summed E-state index contributed by atoms with van der Waals surface area (Å²) in [5.41, 5.74) is 0. The van der Waals surface area contributed by atoms with Crippen molar-refractivity contribution in [2.45, 2.75) is 0 Å². The second-order valence-electron chi connectivity index (χ2n) is 0.610. The van der Waals surface area contributed by atoms with Crippen LogP contribution < -0.4 is 0 Å². The number of carbonyl (C=O) groups is 2. The Kier molecular flexibility index (Phi) is 36.8. The second-order valence-corrected chi connectivity index (χ2v) is 0.610. The van der Waals surface area contributed by atoms with Crippen molar-refractivity contribution in [1.29, 1.82) is 0 Å². The molecule has 3 radical (unpaired) electrons. The Morgan fingerprint density at radius 1 is 0.778 bits per heavy atom. The van der Waals surface area contributed by atoms with E-state index < -0.39 is 11.9 Å². The molecule has 0 saturated carbocycles. The average Bonchev–Trinajstić information content (AvgIpc) is 1.36. The summed E-state index contributed by atoms with van der Waals surface area (Å²) >= 11 is 0. The molecule has 2 N–H and O–H groups in total. The Balaban J connectivity index is -0.0000000417. The first-order chi connectivity index (χ1) is 2.64. The summed E-state index contributed by atoms with van der Waals surface area (Å²) in [5, 5.41) is 14.8. The summed E-state index contributed by atoms with van der Waals surface area (Å²) < 4.78 is 0. The number of carboxylic acid groups (broad SMARTS) is 2. The molecule has 0 aliphatic heterocycles. The van der Waals surface area contributed by atoms with Gasteiger partial charge in [0, 0.05) is 154 Å². The van der Waals surface area contributed by atoms with Crippen LogP contribution in [0.2, 0.25) is 0 Å². The average molecular weight is 207 g/mol. The van der Waals surface area contributed by atoms with E-state index in [0.717, 1.165) is 0 Å². The van der Waals surface area contributed by atoms with Gasteiger partial charge in [0.15, 0.2) is 0 Å². The molecule has 0 rings (SSSR count). The third-order valence-electron chi connectivity index (χ3n) is 0.183. The molecule has 0 aliphatic rings. The summed E-state index contributed by atoms with van der Waals surface area (Å²) in [6.07, 6.45) is 0. The van der Waals surface area contributed by atoms with E-state index in [-0.39, 0.29) is 154 Å². The van der Waals surface area contributed by atoms with Crippen LogP contribution in [0.15, 0.2) is 0 Å². The van der Waals surface area contributed by atoms with Gasteiger partial charge in [-0.25, -0.2) is 9.59 Å². The Hall–Kier alpha value is 3.85. The standard InChI is InChI=1S/C2H2O4.3K/c3-1(4)2(5)6;;;/h(H,3,4)(H,5,6);;;. The minimum atomic E-state index is -1.82. The van der Waals surface area contributed by atoms with E-state index in [9.17, 15) is 0 Å². The summed E-state index contributed by atoms with van der Waals surface area (Å²) in [6, 6.07) is 0. The molecule has 0 aromatic rings. The first-order valence-electron chi connectivity index (χ1n) is 1.11. The maximum atomic E-state index is 9.10. The zero-order valence-corrected chi connectivity index (χ0v) is 15.1. The van der Waals surface area contributed by atoms with Crippen molar-refractivity contribution in [1.82, 2.24) is 0 Å². The van der Waals surface area contributed by atoms with E-state index in [2.05, 4.69) is 0 Å². The molecule has 9 heavy (non-hydrogen) atoms. The molecule has 0 amide bonds. The number of aliphatic carboxylic acids is 2. The molecular formula is C2H2K3O4. The minimum absolute atomic E-state index is 0. The Morgan fingerprint density at radius 3 is 0.889 bits per heavy atom. The summed E-state index contributed by atoms with van der Waals surface area (Å²) in [4.78, 5) is 18.2. The van der Waals surface area contributed by atoms with Gasteiger partial charge in [-0.3, -0.25) is 0 Å². The van der Waals surface area contributed by atoms with Crippen molar-refractivity contribution in [3.63, 3.8) is 0 Å². The van der Waals surface area contributed by atoms with Gasteiger partial charge in [-0.15, -0.1) is 0 Å². The number of hydrogen-bond acceptors (Lipinski definition) is 2. The molecule has 0 spiro atoms. The van der Waals surface area contributed by atoms with E-state index in [1.165, 1.54) is 0 Å². The molecule has 0 heterocycles. The van der Waals surface area contributed by atoms with E-state index in [4.69, 9.17) is 19.8 Å². The fraction of sp³-hybridized carbons (Fsp3) is 0. The maximum absolute atomic E-state index is 9.10. The number of carboxylic acids is 2. The smallest absolute Gasteiger partial charge is 0.414 e. The zero-order chi connectivity index (χ0) is 5.15. The largest absolute Gasteiger partial charge is 0.473 e. The van der Waals surface area contributed by atoms with Crippen LogP contribution in [0.3, 0.4) is 0 Å². The third kappa shape index (κ3) is 18.7. The van der Waals surface area contributed by atoms with Gasteiger partial charge >= 0.3 is 11.9 Å². The first-order valence-corrected chi connectivity index (χ1v) is 1.11. The first kappa shape index (κ1) is 23.0. The van der Waals surface area contributed by atoms with Gasteiger partial charge in [0.2, 0.25) is 0 Å². The Morgan fingerprint density at radius 2 is 0.889 bits per heavy atom. The maximum Gasteiger partial charge on any atom is 0.414 e. The molecule has 37 valence electrons. The molecule has 0 aromatic heterocycles. The van der Waals surface area contributed by atoms with Crippen LogP contribution in [0.25, 0.3) is 0 Å². The van der Waals surface area contributed by atoms with Crippen LogP contribution in [-0.2, 0) is 9.59 Å². The molecule has 0 aliphatic carbocycles. The quantitative estimate of drug-likeness (QED) is 0.356. The molecular weight excluding hydrogens is 205 g/mol. The van der Waals surface area contributed by atoms with Crippen LogP contribution in [-0.4, -0.2) is 176 Å². The molecule has 7 heteroatoms. The van der Waals surface area contributed by atoms with Crippen molar-refractivity contribution in [3.8, 4) is 0 Å². The van der Waals surface area contributed by atoms with Gasteiger partial charge < -0.3 is 10.2 Å². The van der Waals surface area contributed by atoms with Crippen molar-refractivity contribution < 1.29 is 19.8 Å². The molecule has 0 atom stereocenters. The SMILES string of the molecule is O=C(O)C(=O)O.[K].[K].[K]. The van der Waals surface area contributed by atoms with Gasteiger partial charge in [0.1, 0.15) is 0 Å². The molecule has 4 nitrogen and oxygen atoms in total. The van der Waals surface area contributed by atoms with Crippen molar-refractivity contribution in [2.75, 3.05) is 0 Å². The van der Waals surface area contributed by atoms with Gasteiger partial charge in [-0.05, 0) is 0 Å². The molecule has 0 saturated heterocycles. The predicted octanol–water partition coefficient (Wildman–Crippen LogP) is -1.99. The van der Waals surface area contributed by atoms with Gasteiger partial charge in [0.05, 0.1) is 0 Å². The van der Waals surface area contributed by atoms with E-state index >= 15 is 0 Å². The van der Waals surface area contributed by atoms with Gasteiger partial charge in [-0.1, -0.05) is 0 Å². The Bertz CT molecular complexity index is 79.8. The fourth-order valence-corrected chi connectivity index (χ4v) is 0. The number of rotatable bonds is 0. The molecule has 0 fully saturated rings. The van der Waals surface area contributed by atoms with Crippen LogP contribution >= 0.6 is 0 Å². The van der Waals surface area contributed by atoms with E-state index in [1.54, 1.807) is 0 Å². The van der Waals surface area contributed by atoms with Crippen LogP contribution in [0.4, 0.5) is 0 Å². The normalized spacial score (nSPS) is 4.89. The van der Waals surface area contributed by atoms with E-state index in [1.807, 2.05) is 0 Å². The summed E-state index contributed by atoms with van der Waals surface area (Å²) in [5.74, 6) is -3.65. The van der Waals surface area contributed by atoms with Crippen molar-refractivity contribution in [2.24, 2.45) is 0 Å². The van der Waals surface area contributed by atoms with Crippen LogP contribution in [0.5, 0.6) is 0 Å². The minimum Gasteiger partial charge on any atom is -0.473 e. The predicted molar refractivity (Wildman–Crippen MR) is 32.5 cm³/mol. The van der Waals surface area contributed by atoms with Crippen molar-refractivity contribution >= 4 is 166 Å².